The molecule has 3 aromatic rings. The van der Waals surface area contributed by atoms with Gasteiger partial charge in [0.15, 0.2) is 0 Å². The number of alkyl halides is 3. The van der Waals surface area contributed by atoms with Gasteiger partial charge in [0.1, 0.15) is 18.0 Å². The van der Waals surface area contributed by atoms with E-state index >= 15 is 0 Å². The van der Waals surface area contributed by atoms with Crippen LogP contribution in [0, 0.1) is 0 Å². The SMILES string of the molecule is CCN(CC)CCOc1ccc(C(O)(c2ccc(Cl)cc2)c2ccc(C(F)(F)F)cc2)cc1. The van der Waals surface area contributed by atoms with Gasteiger partial charge in [-0.25, -0.2) is 0 Å². The van der Waals surface area contributed by atoms with Crippen molar-refractivity contribution in [1.82, 2.24) is 4.90 Å². The highest BCUT2D eigenvalue weighted by Crippen LogP contribution is 2.39. The maximum atomic E-state index is 13.1. The summed E-state index contributed by atoms with van der Waals surface area (Å²) in [6, 6.07) is 18.1. The minimum atomic E-state index is -4.46. The van der Waals surface area contributed by atoms with Crippen molar-refractivity contribution < 1.29 is 23.0 Å². The number of benzene rings is 3. The fourth-order valence-corrected chi connectivity index (χ4v) is 3.84. The molecular formula is C26H27ClF3NO2. The second-order valence-corrected chi connectivity index (χ2v) is 8.13. The standard InChI is InChI=1S/C26H27ClF3NO2/c1-3-31(4-2)17-18-33-24-15-11-21(12-16-24)25(32,20-9-13-23(27)14-10-20)19-5-7-22(8-6-19)26(28,29)30/h5-16,32H,3-4,17-18H2,1-2H3. The first-order chi connectivity index (χ1) is 15.7. The molecule has 3 rings (SSSR count). The molecule has 0 spiro atoms. The average Bonchev–Trinajstić information content (AvgIpc) is 2.82. The lowest BCUT2D eigenvalue weighted by Gasteiger charge is -2.30. The van der Waals surface area contributed by atoms with E-state index in [-0.39, 0.29) is 0 Å². The molecule has 0 amide bonds. The van der Waals surface area contributed by atoms with Gasteiger partial charge in [-0.15, -0.1) is 0 Å². The molecule has 176 valence electrons. The van der Waals surface area contributed by atoms with Gasteiger partial charge in [-0.3, -0.25) is 0 Å². The van der Waals surface area contributed by atoms with E-state index in [0.717, 1.165) is 31.8 Å². The summed E-state index contributed by atoms with van der Waals surface area (Å²) in [5.74, 6) is 0.650. The average molecular weight is 478 g/mol. The quantitative estimate of drug-likeness (QED) is 0.364. The van der Waals surface area contributed by atoms with Gasteiger partial charge in [-0.1, -0.05) is 61.8 Å². The van der Waals surface area contributed by atoms with Gasteiger partial charge in [0.25, 0.3) is 0 Å². The highest BCUT2D eigenvalue weighted by molar-refractivity contribution is 6.30. The Hall–Kier alpha value is -2.54. The molecule has 0 saturated carbocycles. The molecule has 7 heteroatoms. The number of rotatable bonds is 9. The second kappa shape index (κ2) is 10.6. The summed E-state index contributed by atoms with van der Waals surface area (Å²) in [5, 5.41) is 12.3. The van der Waals surface area contributed by atoms with Gasteiger partial charge in [-0.2, -0.15) is 13.2 Å². The van der Waals surface area contributed by atoms with Crippen LogP contribution in [0.25, 0.3) is 0 Å². The Kier molecular flexibility index (Phi) is 8.05. The molecule has 0 bridgehead atoms. The van der Waals surface area contributed by atoms with Crippen molar-refractivity contribution in [2.75, 3.05) is 26.2 Å². The lowest BCUT2D eigenvalue weighted by molar-refractivity contribution is -0.137. The summed E-state index contributed by atoms with van der Waals surface area (Å²) >= 11 is 6.01. The number of likely N-dealkylation sites (N-methyl/N-ethyl adjacent to an activating group) is 1. The van der Waals surface area contributed by atoms with E-state index < -0.39 is 17.3 Å². The zero-order valence-electron chi connectivity index (χ0n) is 18.6. The topological polar surface area (TPSA) is 32.7 Å². The van der Waals surface area contributed by atoms with Crippen LogP contribution in [0.15, 0.2) is 72.8 Å². The molecule has 33 heavy (non-hydrogen) atoms. The van der Waals surface area contributed by atoms with Crippen LogP contribution in [0.5, 0.6) is 5.75 Å². The molecule has 0 fully saturated rings. The van der Waals surface area contributed by atoms with Crippen molar-refractivity contribution in [3.8, 4) is 5.75 Å². The van der Waals surface area contributed by atoms with Crippen molar-refractivity contribution in [2.24, 2.45) is 0 Å². The van der Waals surface area contributed by atoms with E-state index in [1.54, 1.807) is 48.5 Å². The molecule has 0 aliphatic heterocycles. The Morgan fingerprint density at radius 1 is 0.758 bits per heavy atom. The number of hydrogen-bond acceptors (Lipinski definition) is 3. The van der Waals surface area contributed by atoms with Crippen LogP contribution >= 0.6 is 11.6 Å². The maximum absolute atomic E-state index is 13.1. The summed E-state index contributed by atoms with van der Waals surface area (Å²) < 4.78 is 45.0. The van der Waals surface area contributed by atoms with Gasteiger partial charge in [0.05, 0.1) is 5.56 Å². The number of ether oxygens (including phenoxy) is 1. The van der Waals surface area contributed by atoms with Crippen LogP contribution in [0.3, 0.4) is 0 Å². The van der Waals surface area contributed by atoms with E-state index in [1.165, 1.54) is 12.1 Å². The Morgan fingerprint density at radius 2 is 1.18 bits per heavy atom. The summed E-state index contributed by atoms with van der Waals surface area (Å²) in [4.78, 5) is 2.25. The summed E-state index contributed by atoms with van der Waals surface area (Å²) in [5.41, 5.74) is -1.15. The smallest absolute Gasteiger partial charge is 0.416 e. The van der Waals surface area contributed by atoms with Crippen LogP contribution in [-0.4, -0.2) is 36.2 Å². The molecular weight excluding hydrogens is 451 g/mol. The van der Waals surface area contributed by atoms with Crippen molar-refractivity contribution in [1.29, 1.82) is 0 Å². The first kappa shape index (κ1) is 25.1. The number of nitrogens with zero attached hydrogens (tertiary/aromatic N) is 1. The second-order valence-electron chi connectivity index (χ2n) is 7.69. The lowest BCUT2D eigenvalue weighted by atomic mass is 9.80. The highest BCUT2D eigenvalue weighted by atomic mass is 35.5. The Labute approximate surface area is 197 Å². The molecule has 0 radical (unpaired) electrons. The number of halogens is 4. The number of aliphatic hydroxyl groups is 1. The largest absolute Gasteiger partial charge is 0.492 e. The van der Waals surface area contributed by atoms with Crippen molar-refractivity contribution in [3.63, 3.8) is 0 Å². The van der Waals surface area contributed by atoms with Crippen LogP contribution in [0.2, 0.25) is 5.02 Å². The van der Waals surface area contributed by atoms with E-state index in [0.29, 0.717) is 34.1 Å². The minimum absolute atomic E-state index is 0.313. The van der Waals surface area contributed by atoms with Crippen molar-refractivity contribution in [2.45, 2.75) is 25.6 Å². The molecule has 0 aromatic heterocycles. The van der Waals surface area contributed by atoms with E-state index in [9.17, 15) is 18.3 Å². The van der Waals surface area contributed by atoms with E-state index in [1.807, 2.05) is 0 Å². The third-order valence-electron chi connectivity index (χ3n) is 5.73. The molecule has 1 N–H and O–H groups in total. The molecule has 0 aliphatic rings. The zero-order chi connectivity index (χ0) is 24.1. The monoisotopic (exact) mass is 477 g/mol. The van der Waals surface area contributed by atoms with E-state index in [4.69, 9.17) is 16.3 Å². The van der Waals surface area contributed by atoms with Crippen LogP contribution in [0.1, 0.15) is 36.1 Å². The molecule has 3 nitrogen and oxygen atoms in total. The predicted octanol–water partition coefficient (Wildman–Crippen LogP) is 6.36. The van der Waals surface area contributed by atoms with Gasteiger partial charge in [-0.05, 0) is 66.2 Å². The molecule has 1 atom stereocenters. The number of hydrogen-bond donors (Lipinski definition) is 1. The molecule has 0 aliphatic carbocycles. The van der Waals surface area contributed by atoms with Crippen LogP contribution < -0.4 is 4.74 Å². The van der Waals surface area contributed by atoms with E-state index in [2.05, 4.69) is 18.7 Å². The van der Waals surface area contributed by atoms with Gasteiger partial charge in [0, 0.05) is 11.6 Å². The van der Waals surface area contributed by atoms with Gasteiger partial charge >= 0.3 is 6.18 Å². The minimum Gasteiger partial charge on any atom is -0.492 e. The fraction of sp³-hybridized carbons (Fsp3) is 0.308. The molecule has 0 heterocycles. The lowest BCUT2D eigenvalue weighted by Crippen LogP contribution is -2.29. The van der Waals surface area contributed by atoms with Gasteiger partial charge < -0.3 is 14.7 Å². The van der Waals surface area contributed by atoms with Gasteiger partial charge in [0.2, 0.25) is 0 Å². The Morgan fingerprint density at radius 3 is 1.64 bits per heavy atom. The Balaban J connectivity index is 1.92. The fourth-order valence-electron chi connectivity index (χ4n) is 3.72. The van der Waals surface area contributed by atoms with Crippen LogP contribution in [0.4, 0.5) is 13.2 Å². The third-order valence-corrected chi connectivity index (χ3v) is 5.99. The third kappa shape index (κ3) is 5.88. The molecule has 3 aromatic carbocycles. The zero-order valence-corrected chi connectivity index (χ0v) is 19.3. The molecule has 1 unspecified atom stereocenters. The Bertz CT molecular complexity index is 1020. The summed E-state index contributed by atoms with van der Waals surface area (Å²) in [7, 11) is 0. The van der Waals surface area contributed by atoms with Crippen molar-refractivity contribution >= 4 is 11.6 Å². The summed E-state index contributed by atoms with van der Waals surface area (Å²) in [6.07, 6.45) is -4.46. The normalized spacial score (nSPS) is 13.7. The highest BCUT2D eigenvalue weighted by Gasteiger charge is 2.36. The maximum Gasteiger partial charge on any atom is 0.416 e. The predicted molar refractivity (Wildman–Crippen MR) is 125 cm³/mol. The molecule has 0 saturated heterocycles. The van der Waals surface area contributed by atoms with Crippen LogP contribution in [-0.2, 0) is 11.8 Å². The van der Waals surface area contributed by atoms with Crippen molar-refractivity contribution in [3.05, 3.63) is 100 Å². The first-order valence-corrected chi connectivity index (χ1v) is 11.2. The first-order valence-electron chi connectivity index (χ1n) is 10.8. The summed E-state index contributed by atoms with van der Waals surface area (Å²) in [6.45, 7) is 7.41.